The normalized spacial score (nSPS) is 11.2. The molecule has 6 heteroatoms. The average molecular weight is 319 g/mol. The summed E-state index contributed by atoms with van der Waals surface area (Å²) in [6.07, 6.45) is 0.641. The Labute approximate surface area is 139 Å². The van der Waals surface area contributed by atoms with Crippen molar-refractivity contribution in [3.8, 4) is 11.5 Å². The highest BCUT2D eigenvalue weighted by atomic mass is 16.5. The van der Waals surface area contributed by atoms with Crippen molar-refractivity contribution < 1.29 is 4.52 Å². The van der Waals surface area contributed by atoms with Gasteiger partial charge in [-0.25, -0.2) is 4.68 Å². The topological polar surface area (TPSA) is 69.6 Å². The SMILES string of the molecule is Cc1ccc(C)c(-c2nc(CCn3nnc4ccccc43)no2)c1. The van der Waals surface area contributed by atoms with Gasteiger partial charge >= 0.3 is 0 Å². The van der Waals surface area contributed by atoms with E-state index in [1.54, 1.807) is 0 Å². The summed E-state index contributed by atoms with van der Waals surface area (Å²) in [5.74, 6) is 1.24. The molecule has 0 aliphatic heterocycles. The summed E-state index contributed by atoms with van der Waals surface area (Å²) in [5, 5.41) is 12.4. The molecule has 0 saturated heterocycles. The fourth-order valence-corrected chi connectivity index (χ4v) is 2.72. The van der Waals surface area contributed by atoms with Crippen molar-refractivity contribution in [1.82, 2.24) is 25.1 Å². The molecular formula is C18H17N5O. The molecule has 0 saturated carbocycles. The third-order valence-electron chi connectivity index (χ3n) is 4.06. The second-order valence-corrected chi connectivity index (χ2v) is 5.89. The van der Waals surface area contributed by atoms with Gasteiger partial charge < -0.3 is 4.52 Å². The smallest absolute Gasteiger partial charge is 0.258 e. The molecule has 0 aliphatic carbocycles. The molecule has 0 fully saturated rings. The van der Waals surface area contributed by atoms with Crippen molar-refractivity contribution in [1.29, 1.82) is 0 Å². The average Bonchev–Trinajstić information content (AvgIpc) is 3.22. The summed E-state index contributed by atoms with van der Waals surface area (Å²) in [6, 6.07) is 14.1. The lowest BCUT2D eigenvalue weighted by Crippen LogP contribution is -2.04. The van der Waals surface area contributed by atoms with E-state index >= 15 is 0 Å². The van der Waals surface area contributed by atoms with Crippen LogP contribution in [0.15, 0.2) is 47.0 Å². The highest BCUT2D eigenvalue weighted by molar-refractivity contribution is 5.73. The molecule has 2 heterocycles. The van der Waals surface area contributed by atoms with E-state index in [2.05, 4.69) is 45.6 Å². The molecule has 120 valence electrons. The highest BCUT2D eigenvalue weighted by Gasteiger charge is 2.12. The van der Waals surface area contributed by atoms with Crippen LogP contribution in [-0.4, -0.2) is 25.1 Å². The minimum Gasteiger partial charge on any atom is -0.334 e. The van der Waals surface area contributed by atoms with Crippen LogP contribution >= 0.6 is 0 Å². The molecule has 0 N–H and O–H groups in total. The van der Waals surface area contributed by atoms with Gasteiger partial charge in [0.25, 0.3) is 5.89 Å². The molecule has 0 amide bonds. The van der Waals surface area contributed by atoms with Crippen molar-refractivity contribution in [3.63, 3.8) is 0 Å². The third kappa shape index (κ3) is 2.67. The standard InChI is InChI=1S/C18H17N5O/c1-12-7-8-13(2)14(11-12)18-19-17(21-24-18)9-10-23-16-6-4-3-5-15(16)20-22-23/h3-8,11H,9-10H2,1-2H3. The van der Waals surface area contributed by atoms with Crippen LogP contribution in [0, 0.1) is 13.8 Å². The maximum atomic E-state index is 5.44. The Balaban J connectivity index is 1.54. The first-order chi connectivity index (χ1) is 11.7. The van der Waals surface area contributed by atoms with Gasteiger partial charge in [0.15, 0.2) is 5.82 Å². The summed E-state index contributed by atoms with van der Waals surface area (Å²) < 4.78 is 7.30. The number of hydrogen-bond acceptors (Lipinski definition) is 5. The molecule has 0 atom stereocenters. The van der Waals surface area contributed by atoms with Crippen LogP contribution < -0.4 is 0 Å². The number of benzene rings is 2. The minimum atomic E-state index is 0.564. The zero-order chi connectivity index (χ0) is 16.5. The van der Waals surface area contributed by atoms with Crippen molar-refractivity contribution in [2.24, 2.45) is 0 Å². The number of hydrogen-bond donors (Lipinski definition) is 0. The molecule has 0 bridgehead atoms. The van der Waals surface area contributed by atoms with Gasteiger partial charge in [0.2, 0.25) is 0 Å². The molecule has 2 aromatic heterocycles. The van der Waals surface area contributed by atoms with Crippen LogP contribution in [0.4, 0.5) is 0 Å². The molecule has 0 aliphatic rings. The van der Waals surface area contributed by atoms with E-state index in [1.165, 1.54) is 5.56 Å². The summed E-state index contributed by atoms with van der Waals surface area (Å²) >= 11 is 0. The van der Waals surface area contributed by atoms with E-state index in [0.29, 0.717) is 24.7 Å². The van der Waals surface area contributed by atoms with Gasteiger partial charge in [-0.15, -0.1) is 5.10 Å². The predicted octanol–water partition coefficient (Wildman–Crippen LogP) is 3.34. The van der Waals surface area contributed by atoms with Gasteiger partial charge in [0.1, 0.15) is 5.52 Å². The lowest BCUT2D eigenvalue weighted by atomic mass is 10.1. The lowest BCUT2D eigenvalue weighted by Gasteiger charge is -2.01. The van der Waals surface area contributed by atoms with Crippen LogP contribution in [0.25, 0.3) is 22.5 Å². The number of nitrogens with zero attached hydrogens (tertiary/aromatic N) is 5. The Morgan fingerprint density at radius 3 is 2.88 bits per heavy atom. The zero-order valence-electron chi connectivity index (χ0n) is 13.6. The first kappa shape index (κ1) is 14.6. The minimum absolute atomic E-state index is 0.564. The summed E-state index contributed by atoms with van der Waals surface area (Å²) in [7, 11) is 0. The van der Waals surface area contributed by atoms with Gasteiger partial charge in [-0.05, 0) is 37.6 Å². The Bertz CT molecular complexity index is 1000. The quantitative estimate of drug-likeness (QED) is 0.577. The van der Waals surface area contributed by atoms with Crippen LogP contribution in [0.2, 0.25) is 0 Å². The van der Waals surface area contributed by atoms with E-state index in [4.69, 9.17) is 4.52 Å². The van der Waals surface area contributed by atoms with Crippen molar-refractivity contribution in [2.75, 3.05) is 0 Å². The van der Waals surface area contributed by atoms with E-state index in [9.17, 15) is 0 Å². The van der Waals surface area contributed by atoms with Crippen molar-refractivity contribution in [3.05, 3.63) is 59.4 Å². The van der Waals surface area contributed by atoms with Crippen molar-refractivity contribution in [2.45, 2.75) is 26.8 Å². The fourth-order valence-electron chi connectivity index (χ4n) is 2.72. The predicted molar refractivity (Wildman–Crippen MR) is 90.4 cm³/mol. The van der Waals surface area contributed by atoms with Crippen LogP contribution in [0.3, 0.4) is 0 Å². The molecule has 24 heavy (non-hydrogen) atoms. The van der Waals surface area contributed by atoms with Gasteiger partial charge in [-0.2, -0.15) is 4.98 Å². The third-order valence-corrected chi connectivity index (χ3v) is 4.06. The largest absolute Gasteiger partial charge is 0.334 e. The number of rotatable bonds is 4. The highest BCUT2D eigenvalue weighted by Crippen LogP contribution is 2.23. The zero-order valence-corrected chi connectivity index (χ0v) is 13.6. The second-order valence-electron chi connectivity index (χ2n) is 5.89. The Morgan fingerprint density at radius 2 is 1.96 bits per heavy atom. The summed E-state index contributed by atoms with van der Waals surface area (Å²) in [6.45, 7) is 4.75. The van der Waals surface area contributed by atoms with Gasteiger partial charge in [0.05, 0.1) is 12.1 Å². The number of aryl methyl sites for hydroxylation is 4. The Morgan fingerprint density at radius 1 is 1.08 bits per heavy atom. The molecule has 0 radical (unpaired) electrons. The summed E-state index contributed by atoms with van der Waals surface area (Å²) in [5.41, 5.74) is 5.18. The number of para-hydroxylation sites is 1. The van der Waals surface area contributed by atoms with E-state index < -0.39 is 0 Å². The first-order valence-electron chi connectivity index (χ1n) is 7.89. The van der Waals surface area contributed by atoms with Crippen LogP contribution in [-0.2, 0) is 13.0 Å². The molecule has 0 spiro atoms. The summed E-state index contributed by atoms with van der Waals surface area (Å²) in [4.78, 5) is 4.52. The van der Waals surface area contributed by atoms with Crippen molar-refractivity contribution >= 4 is 11.0 Å². The van der Waals surface area contributed by atoms with Crippen LogP contribution in [0.5, 0.6) is 0 Å². The Hall–Kier alpha value is -3.02. The molecule has 4 rings (SSSR count). The number of aromatic nitrogens is 5. The first-order valence-corrected chi connectivity index (χ1v) is 7.89. The van der Waals surface area contributed by atoms with Gasteiger partial charge in [0, 0.05) is 12.0 Å². The van der Waals surface area contributed by atoms with Gasteiger partial charge in [-0.3, -0.25) is 0 Å². The molecule has 4 aromatic rings. The molecule has 2 aromatic carbocycles. The van der Waals surface area contributed by atoms with Crippen LogP contribution in [0.1, 0.15) is 17.0 Å². The molecule has 0 unspecified atom stereocenters. The van der Waals surface area contributed by atoms with E-state index in [0.717, 1.165) is 22.2 Å². The monoisotopic (exact) mass is 319 g/mol. The molecular weight excluding hydrogens is 302 g/mol. The second kappa shape index (κ2) is 5.88. The fraction of sp³-hybridized carbons (Fsp3) is 0.222. The maximum Gasteiger partial charge on any atom is 0.258 e. The van der Waals surface area contributed by atoms with E-state index in [-0.39, 0.29) is 0 Å². The lowest BCUT2D eigenvalue weighted by molar-refractivity contribution is 0.419. The van der Waals surface area contributed by atoms with Gasteiger partial charge in [-0.1, -0.05) is 40.2 Å². The Kier molecular flexibility index (Phi) is 3.57. The van der Waals surface area contributed by atoms with E-state index in [1.807, 2.05) is 35.9 Å². The maximum absolute atomic E-state index is 5.44. The number of fused-ring (bicyclic) bond motifs is 1. The molecule has 6 nitrogen and oxygen atoms in total.